The van der Waals surface area contributed by atoms with Crippen LogP contribution < -0.4 is 0 Å². The number of Topliss-reactive ketones (excluding diaryl/α,β-unsaturated/α-hetero) is 1. The molecule has 1 fully saturated rings. The number of halogens is 2. The Labute approximate surface area is 117 Å². The first kappa shape index (κ1) is 14.4. The van der Waals surface area contributed by atoms with Crippen molar-refractivity contribution < 1.29 is 13.9 Å². The van der Waals surface area contributed by atoms with E-state index in [9.17, 15) is 9.18 Å². The fraction of sp³-hybridized carbons (Fsp3) is 0.500. The molecule has 19 heavy (non-hydrogen) atoms. The van der Waals surface area contributed by atoms with Crippen LogP contribution in [0.2, 0.25) is 5.02 Å². The van der Waals surface area contributed by atoms with Crippen molar-refractivity contribution in [2.45, 2.75) is 19.4 Å². The van der Waals surface area contributed by atoms with Crippen LogP contribution in [0.15, 0.2) is 18.2 Å². The molecule has 1 heterocycles. The summed E-state index contributed by atoms with van der Waals surface area (Å²) in [6.45, 7) is 4.90. The third kappa shape index (κ3) is 3.75. The molecule has 3 nitrogen and oxygen atoms in total. The second kappa shape index (κ2) is 6.46. The smallest absolute Gasteiger partial charge is 0.167 e. The number of carbonyl (C=O) groups excluding carboxylic acids is 1. The fourth-order valence-electron chi connectivity index (χ4n) is 2.16. The molecule has 0 aliphatic carbocycles. The van der Waals surface area contributed by atoms with Crippen molar-refractivity contribution in [3.05, 3.63) is 34.6 Å². The lowest BCUT2D eigenvalue weighted by Gasteiger charge is -2.31. The molecule has 1 aromatic carbocycles. The zero-order valence-electron chi connectivity index (χ0n) is 10.9. The average molecular weight is 286 g/mol. The summed E-state index contributed by atoms with van der Waals surface area (Å²) < 4.78 is 19.0. The fourth-order valence-corrected chi connectivity index (χ4v) is 2.36. The number of likely N-dealkylation sites (N-methyl/N-ethyl adjacent to an activating group) is 1. The first-order valence-corrected chi connectivity index (χ1v) is 6.78. The van der Waals surface area contributed by atoms with Crippen LogP contribution in [-0.4, -0.2) is 43.0 Å². The van der Waals surface area contributed by atoms with Gasteiger partial charge in [-0.05, 0) is 30.3 Å². The van der Waals surface area contributed by atoms with Crippen molar-refractivity contribution in [3.8, 4) is 0 Å². The van der Waals surface area contributed by atoms with Crippen LogP contribution in [0.5, 0.6) is 0 Å². The number of hydrogen-bond donors (Lipinski definition) is 0. The van der Waals surface area contributed by atoms with E-state index in [0.717, 1.165) is 13.1 Å². The second-order valence-electron chi connectivity index (χ2n) is 4.63. The number of rotatable bonds is 4. The summed E-state index contributed by atoms with van der Waals surface area (Å²) in [5.74, 6) is -0.500. The third-order valence-corrected chi connectivity index (χ3v) is 3.56. The highest BCUT2D eigenvalue weighted by Crippen LogP contribution is 2.17. The highest BCUT2D eigenvalue weighted by molar-refractivity contribution is 6.30. The van der Waals surface area contributed by atoms with Gasteiger partial charge in [-0.2, -0.15) is 0 Å². The molecule has 1 aliphatic rings. The van der Waals surface area contributed by atoms with Gasteiger partial charge >= 0.3 is 0 Å². The SMILES string of the molecule is CCN1CCOC(C(=O)Cc2cc(Cl)ccc2F)C1. The Hall–Kier alpha value is -0.970. The first-order chi connectivity index (χ1) is 9.10. The molecule has 0 N–H and O–H groups in total. The molecule has 1 atom stereocenters. The van der Waals surface area contributed by atoms with E-state index >= 15 is 0 Å². The number of nitrogens with zero attached hydrogens (tertiary/aromatic N) is 1. The van der Waals surface area contributed by atoms with Crippen LogP contribution in [0.4, 0.5) is 4.39 Å². The molecule has 0 aromatic heterocycles. The maximum absolute atomic E-state index is 13.6. The number of ether oxygens (including phenoxy) is 1. The Balaban J connectivity index is 2.02. The van der Waals surface area contributed by atoms with Crippen LogP contribution in [0.3, 0.4) is 0 Å². The van der Waals surface area contributed by atoms with E-state index in [2.05, 4.69) is 4.90 Å². The lowest BCUT2D eigenvalue weighted by atomic mass is 10.0. The van der Waals surface area contributed by atoms with Gasteiger partial charge in [0.25, 0.3) is 0 Å². The molecular weight excluding hydrogens is 269 g/mol. The molecule has 5 heteroatoms. The highest BCUT2D eigenvalue weighted by atomic mass is 35.5. The predicted molar refractivity (Wildman–Crippen MR) is 72.0 cm³/mol. The molecule has 0 radical (unpaired) electrons. The maximum Gasteiger partial charge on any atom is 0.167 e. The van der Waals surface area contributed by atoms with Gasteiger partial charge in [0.05, 0.1) is 6.61 Å². The summed E-state index contributed by atoms with van der Waals surface area (Å²) in [7, 11) is 0. The van der Waals surface area contributed by atoms with E-state index in [-0.39, 0.29) is 12.2 Å². The van der Waals surface area contributed by atoms with E-state index < -0.39 is 11.9 Å². The second-order valence-corrected chi connectivity index (χ2v) is 5.07. The number of ketones is 1. The van der Waals surface area contributed by atoms with E-state index in [1.165, 1.54) is 18.2 Å². The minimum atomic E-state index is -0.466. The van der Waals surface area contributed by atoms with E-state index in [4.69, 9.17) is 16.3 Å². The Morgan fingerprint density at radius 3 is 3.11 bits per heavy atom. The van der Waals surface area contributed by atoms with Gasteiger partial charge in [-0.15, -0.1) is 0 Å². The quantitative estimate of drug-likeness (QED) is 0.850. The van der Waals surface area contributed by atoms with Gasteiger partial charge < -0.3 is 4.74 Å². The van der Waals surface area contributed by atoms with Crippen LogP contribution in [0, 0.1) is 5.82 Å². The van der Waals surface area contributed by atoms with Crippen molar-refractivity contribution >= 4 is 17.4 Å². The molecule has 1 aliphatic heterocycles. The van der Waals surface area contributed by atoms with Gasteiger partial charge in [0.1, 0.15) is 11.9 Å². The van der Waals surface area contributed by atoms with Gasteiger partial charge in [-0.25, -0.2) is 4.39 Å². The summed E-state index contributed by atoms with van der Waals surface area (Å²) in [5.41, 5.74) is 0.328. The molecule has 1 aromatic rings. The summed E-state index contributed by atoms with van der Waals surface area (Å²) in [6.07, 6.45) is -0.443. The largest absolute Gasteiger partial charge is 0.368 e. The first-order valence-electron chi connectivity index (χ1n) is 6.40. The lowest BCUT2D eigenvalue weighted by Crippen LogP contribution is -2.46. The minimum Gasteiger partial charge on any atom is -0.368 e. The summed E-state index contributed by atoms with van der Waals surface area (Å²) in [5, 5.41) is 0.434. The van der Waals surface area contributed by atoms with Crippen molar-refractivity contribution in [2.24, 2.45) is 0 Å². The molecule has 2 rings (SSSR count). The van der Waals surface area contributed by atoms with Crippen molar-refractivity contribution in [1.29, 1.82) is 0 Å². The van der Waals surface area contributed by atoms with Crippen molar-refractivity contribution in [2.75, 3.05) is 26.2 Å². The van der Waals surface area contributed by atoms with Gasteiger partial charge in [-0.3, -0.25) is 9.69 Å². The number of hydrogen-bond acceptors (Lipinski definition) is 3. The Kier molecular flexibility index (Phi) is 4.91. The van der Waals surface area contributed by atoms with E-state index in [1.54, 1.807) is 0 Å². The molecule has 104 valence electrons. The molecular formula is C14H17ClFNO2. The van der Waals surface area contributed by atoms with Crippen LogP contribution >= 0.6 is 11.6 Å². The third-order valence-electron chi connectivity index (χ3n) is 3.33. The van der Waals surface area contributed by atoms with Crippen LogP contribution in [-0.2, 0) is 16.0 Å². The Bertz CT molecular complexity index is 467. The lowest BCUT2D eigenvalue weighted by molar-refractivity contribution is -0.135. The number of morpholine rings is 1. The highest BCUT2D eigenvalue weighted by Gasteiger charge is 2.26. The van der Waals surface area contributed by atoms with E-state index in [1.807, 2.05) is 6.92 Å². The number of carbonyl (C=O) groups is 1. The topological polar surface area (TPSA) is 29.5 Å². The van der Waals surface area contributed by atoms with E-state index in [0.29, 0.717) is 23.7 Å². The Morgan fingerprint density at radius 2 is 2.37 bits per heavy atom. The zero-order chi connectivity index (χ0) is 13.8. The summed E-state index contributed by atoms with van der Waals surface area (Å²) >= 11 is 5.81. The number of benzene rings is 1. The average Bonchev–Trinajstić information content (AvgIpc) is 2.43. The van der Waals surface area contributed by atoms with Crippen LogP contribution in [0.25, 0.3) is 0 Å². The monoisotopic (exact) mass is 285 g/mol. The molecule has 1 unspecified atom stereocenters. The molecule has 0 bridgehead atoms. The maximum atomic E-state index is 13.6. The van der Waals surface area contributed by atoms with Crippen LogP contribution in [0.1, 0.15) is 12.5 Å². The molecule has 0 amide bonds. The van der Waals surface area contributed by atoms with Crippen molar-refractivity contribution in [1.82, 2.24) is 4.90 Å². The minimum absolute atomic E-state index is 0.0224. The van der Waals surface area contributed by atoms with Gasteiger partial charge in [0.2, 0.25) is 0 Å². The normalized spacial score (nSPS) is 20.5. The van der Waals surface area contributed by atoms with Gasteiger partial charge in [0.15, 0.2) is 5.78 Å². The molecule has 0 spiro atoms. The van der Waals surface area contributed by atoms with Gasteiger partial charge in [-0.1, -0.05) is 18.5 Å². The Morgan fingerprint density at radius 1 is 1.58 bits per heavy atom. The zero-order valence-corrected chi connectivity index (χ0v) is 11.6. The summed E-state index contributed by atoms with van der Waals surface area (Å²) in [6, 6.07) is 4.25. The van der Waals surface area contributed by atoms with Crippen molar-refractivity contribution in [3.63, 3.8) is 0 Å². The molecule has 0 saturated carbocycles. The van der Waals surface area contributed by atoms with Gasteiger partial charge in [0, 0.05) is 24.5 Å². The standard InChI is InChI=1S/C14H17ClFNO2/c1-2-17-5-6-19-14(9-17)13(18)8-10-7-11(15)3-4-12(10)16/h3-4,7,14H,2,5-6,8-9H2,1H3. The molecule has 1 saturated heterocycles. The summed E-state index contributed by atoms with van der Waals surface area (Å²) in [4.78, 5) is 14.3. The predicted octanol–water partition coefficient (Wildman–Crippen LogP) is 2.31.